The highest BCUT2D eigenvalue weighted by molar-refractivity contribution is 5.95. The van der Waals surface area contributed by atoms with E-state index in [0.717, 1.165) is 0 Å². The van der Waals surface area contributed by atoms with Crippen molar-refractivity contribution in [3.63, 3.8) is 0 Å². The van der Waals surface area contributed by atoms with Gasteiger partial charge in [0.15, 0.2) is 0 Å². The van der Waals surface area contributed by atoms with Gasteiger partial charge in [0.2, 0.25) is 0 Å². The third-order valence-electron chi connectivity index (χ3n) is 3.00. The Hall–Kier alpha value is -1.72. The van der Waals surface area contributed by atoms with Crippen molar-refractivity contribution in [1.82, 2.24) is 0 Å². The van der Waals surface area contributed by atoms with Gasteiger partial charge in [-0.15, -0.1) is 0 Å². The van der Waals surface area contributed by atoms with E-state index in [2.05, 4.69) is 0 Å². The molecule has 0 saturated heterocycles. The molecule has 0 radical (unpaired) electrons. The van der Waals surface area contributed by atoms with Crippen LogP contribution in [0.1, 0.15) is 41.3 Å². The van der Waals surface area contributed by atoms with Crippen molar-refractivity contribution in [2.75, 3.05) is 7.11 Å². The van der Waals surface area contributed by atoms with Crippen molar-refractivity contribution in [2.45, 2.75) is 31.5 Å². The first kappa shape index (κ1) is 13.7. The number of ether oxygens (including phenoxy) is 2. The van der Waals surface area contributed by atoms with E-state index >= 15 is 0 Å². The Morgan fingerprint density at radius 2 is 2.11 bits per heavy atom. The van der Waals surface area contributed by atoms with Crippen LogP contribution in [0.3, 0.4) is 0 Å². The lowest BCUT2D eigenvalue weighted by Gasteiger charge is -2.14. The van der Waals surface area contributed by atoms with Crippen molar-refractivity contribution < 1.29 is 27.4 Å². The summed E-state index contributed by atoms with van der Waals surface area (Å²) in [5, 5.41) is 0. The average Bonchev–Trinajstić information content (AvgIpc) is 2.65. The zero-order valence-electron chi connectivity index (χ0n) is 10.3. The quantitative estimate of drug-likeness (QED) is 0.786. The van der Waals surface area contributed by atoms with Crippen LogP contribution in [-0.4, -0.2) is 19.3 Å². The van der Waals surface area contributed by atoms with Gasteiger partial charge in [-0.1, -0.05) is 6.07 Å². The molecule has 1 atom stereocenters. The van der Waals surface area contributed by atoms with Crippen LogP contribution in [0.5, 0.6) is 5.75 Å². The van der Waals surface area contributed by atoms with E-state index in [1.54, 1.807) is 18.2 Å². The molecule has 2 rings (SSSR count). The van der Waals surface area contributed by atoms with Crippen LogP contribution in [0.15, 0.2) is 18.2 Å². The fourth-order valence-corrected chi connectivity index (χ4v) is 2.17. The van der Waals surface area contributed by atoms with Crippen LogP contribution in [0, 0.1) is 0 Å². The van der Waals surface area contributed by atoms with Gasteiger partial charge >= 0.3 is 12.1 Å². The van der Waals surface area contributed by atoms with Gasteiger partial charge < -0.3 is 9.47 Å². The van der Waals surface area contributed by atoms with Gasteiger partial charge in [-0.25, -0.2) is 4.79 Å². The van der Waals surface area contributed by atoms with Crippen LogP contribution in [0.25, 0.3) is 0 Å². The minimum Gasteiger partial charge on any atom is -0.496 e. The van der Waals surface area contributed by atoms with E-state index in [1.165, 1.54) is 7.11 Å². The van der Waals surface area contributed by atoms with Gasteiger partial charge in [-0.2, -0.15) is 13.2 Å². The molecular weight excluding hydrogens is 261 g/mol. The molecule has 19 heavy (non-hydrogen) atoms. The Kier molecular flexibility index (Phi) is 3.68. The predicted molar refractivity (Wildman–Crippen MR) is 61.1 cm³/mol. The summed E-state index contributed by atoms with van der Waals surface area (Å²) in [7, 11) is 1.45. The lowest BCUT2D eigenvalue weighted by atomic mass is 10.00. The van der Waals surface area contributed by atoms with Gasteiger partial charge in [0.1, 0.15) is 11.9 Å². The summed E-state index contributed by atoms with van der Waals surface area (Å²) < 4.78 is 46.6. The molecule has 1 aliphatic heterocycles. The zero-order chi connectivity index (χ0) is 14.0. The highest BCUT2D eigenvalue weighted by Gasteiger charge is 2.35. The molecule has 0 bridgehead atoms. The van der Waals surface area contributed by atoms with Crippen LogP contribution in [-0.2, 0) is 4.74 Å². The molecule has 6 heteroatoms. The van der Waals surface area contributed by atoms with Crippen molar-refractivity contribution in [1.29, 1.82) is 0 Å². The number of fused-ring (bicyclic) bond motifs is 1. The lowest BCUT2D eigenvalue weighted by molar-refractivity contribution is -0.136. The number of carbonyl (C=O) groups is 1. The Balaban J connectivity index is 2.12. The molecule has 3 nitrogen and oxygen atoms in total. The van der Waals surface area contributed by atoms with Gasteiger partial charge in [0.05, 0.1) is 12.7 Å². The normalized spacial score (nSPS) is 18.1. The summed E-state index contributed by atoms with van der Waals surface area (Å²) in [6.07, 6.45) is -5.67. The maximum Gasteiger partial charge on any atom is 0.389 e. The number of esters is 1. The van der Waals surface area contributed by atoms with Crippen molar-refractivity contribution in [3.05, 3.63) is 29.3 Å². The molecule has 1 aromatic carbocycles. The number of benzene rings is 1. The summed E-state index contributed by atoms with van der Waals surface area (Å²) in [5.41, 5.74) is 0.925. The van der Waals surface area contributed by atoms with Crippen molar-refractivity contribution >= 4 is 5.97 Å². The van der Waals surface area contributed by atoms with Crippen molar-refractivity contribution in [3.8, 4) is 5.75 Å². The Morgan fingerprint density at radius 1 is 1.37 bits per heavy atom. The Labute approximate surface area is 108 Å². The first-order valence-electron chi connectivity index (χ1n) is 5.87. The molecule has 1 aromatic rings. The highest BCUT2D eigenvalue weighted by Crippen LogP contribution is 2.40. The average molecular weight is 274 g/mol. The van der Waals surface area contributed by atoms with E-state index < -0.39 is 24.7 Å². The van der Waals surface area contributed by atoms with E-state index in [-0.39, 0.29) is 12.8 Å². The smallest absolute Gasteiger partial charge is 0.389 e. The number of rotatable bonds is 4. The van der Waals surface area contributed by atoms with Crippen LogP contribution in [0.2, 0.25) is 0 Å². The molecule has 0 aliphatic carbocycles. The van der Waals surface area contributed by atoms with E-state index in [0.29, 0.717) is 16.9 Å². The topological polar surface area (TPSA) is 35.5 Å². The number of methoxy groups -OCH3 is 1. The number of alkyl halides is 3. The predicted octanol–water partition coefficient (Wildman–Crippen LogP) is 3.64. The molecule has 0 spiro atoms. The third kappa shape index (κ3) is 3.00. The summed E-state index contributed by atoms with van der Waals surface area (Å²) in [5.74, 6) is -0.0359. The second kappa shape index (κ2) is 5.11. The second-order valence-electron chi connectivity index (χ2n) is 4.32. The fraction of sp³-hybridized carbons (Fsp3) is 0.462. The van der Waals surface area contributed by atoms with Gasteiger partial charge in [-0.3, -0.25) is 0 Å². The maximum atomic E-state index is 12.1. The molecule has 0 N–H and O–H groups in total. The lowest BCUT2D eigenvalue weighted by Crippen LogP contribution is -2.08. The summed E-state index contributed by atoms with van der Waals surface area (Å²) in [4.78, 5) is 11.6. The summed E-state index contributed by atoms with van der Waals surface area (Å²) in [6, 6.07) is 4.90. The molecule has 1 unspecified atom stereocenters. The number of hydrogen-bond donors (Lipinski definition) is 0. The Morgan fingerprint density at radius 3 is 2.74 bits per heavy atom. The van der Waals surface area contributed by atoms with Crippen LogP contribution >= 0.6 is 0 Å². The van der Waals surface area contributed by atoms with Gasteiger partial charge in [0.25, 0.3) is 0 Å². The molecule has 0 aromatic heterocycles. The van der Waals surface area contributed by atoms with E-state index in [4.69, 9.17) is 9.47 Å². The van der Waals surface area contributed by atoms with Crippen LogP contribution < -0.4 is 4.74 Å². The monoisotopic (exact) mass is 274 g/mol. The number of hydrogen-bond acceptors (Lipinski definition) is 3. The van der Waals surface area contributed by atoms with Crippen molar-refractivity contribution in [2.24, 2.45) is 0 Å². The molecule has 104 valence electrons. The van der Waals surface area contributed by atoms with Gasteiger partial charge in [0, 0.05) is 12.0 Å². The molecule has 0 fully saturated rings. The number of cyclic esters (lactones) is 1. The molecular formula is C13H13F3O3. The molecule has 1 aliphatic rings. The van der Waals surface area contributed by atoms with Gasteiger partial charge in [-0.05, 0) is 25.0 Å². The second-order valence-corrected chi connectivity index (χ2v) is 4.32. The molecule has 1 heterocycles. The first-order chi connectivity index (χ1) is 8.92. The first-order valence-corrected chi connectivity index (χ1v) is 5.87. The number of halogens is 3. The fourth-order valence-electron chi connectivity index (χ4n) is 2.17. The number of carbonyl (C=O) groups excluding carboxylic acids is 1. The van der Waals surface area contributed by atoms with E-state index in [9.17, 15) is 18.0 Å². The molecule has 0 saturated carbocycles. The standard InChI is InChI=1S/C13H13F3O3/c1-18-9-5-2-4-8-11(9)10(19-12(8)17)6-3-7-13(14,15)16/h2,4-5,10H,3,6-7H2,1H3. The third-order valence-corrected chi connectivity index (χ3v) is 3.00. The maximum absolute atomic E-state index is 12.1. The molecule has 0 amide bonds. The minimum atomic E-state index is -4.19. The summed E-state index contributed by atoms with van der Waals surface area (Å²) in [6.45, 7) is 0. The summed E-state index contributed by atoms with van der Waals surface area (Å²) >= 11 is 0. The largest absolute Gasteiger partial charge is 0.496 e. The Bertz CT molecular complexity index is 483. The SMILES string of the molecule is COc1cccc2c1C(CCCC(F)(F)F)OC2=O. The van der Waals surface area contributed by atoms with Crippen LogP contribution in [0.4, 0.5) is 13.2 Å². The zero-order valence-corrected chi connectivity index (χ0v) is 10.3. The highest BCUT2D eigenvalue weighted by atomic mass is 19.4. The van der Waals surface area contributed by atoms with E-state index in [1.807, 2.05) is 0 Å². The minimum absolute atomic E-state index is 0.0844.